The standard InChI is InChI=1S/C12H20N4O/c1-4-16(5-2)12(13)15-9-10-6-7-11(17-3)14-8-10/h6-8H,4-5,9H2,1-3H3,(H2,13,15). The van der Waals surface area contributed by atoms with Crippen LogP contribution in [-0.4, -0.2) is 36.0 Å². The summed E-state index contributed by atoms with van der Waals surface area (Å²) in [5, 5.41) is 0. The zero-order valence-corrected chi connectivity index (χ0v) is 10.7. The number of guanidine groups is 1. The van der Waals surface area contributed by atoms with Gasteiger partial charge in [-0.25, -0.2) is 9.98 Å². The van der Waals surface area contributed by atoms with Gasteiger partial charge in [0.15, 0.2) is 5.96 Å². The molecule has 0 spiro atoms. The van der Waals surface area contributed by atoms with E-state index in [-0.39, 0.29) is 0 Å². The average molecular weight is 236 g/mol. The van der Waals surface area contributed by atoms with E-state index in [9.17, 15) is 0 Å². The lowest BCUT2D eigenvalue weighted by Gasteiger charge is -2.19. The molecule has 1 aromatic heterocycles. The van der Waals surface area contributed by atoms with E-state index in [0.717, 1.165) is 18.7 Å². The fraction of sp³-hybridized carbons (Fsp3) is 0.500. The van der Waals surface area contributed by atoms with Crippen molar-refractivity contribution in [1.29, 1.82) is 0 Å². The molecule has 0 saturated heterocycles. The van der Waals surface area contributed by atoms with Gasteiger partial charge < -0.3 is 15.4 Å². The number of pyridine rings is 1. The molecule has 1 aromatic rings. The van der Waals surface area contributed by atoms with Crippen molar-refractivity contribution in [1.82, 2.24) is 9.88 Å². The number of aromatic nitrogens is 1. The number of nitrogens with two attached hydrogens (primary N) is 1. The normalized spacial score (nSPS) is 11.4. The second-order valence-corrected chi connectivity index (χ2v) is 3.56. The van der Waals surface area contributed by atoms with Crippen LogP contribution in [0.15, 0.2) is 23.3 Å². The highest BCUT2D eigenvalue weighted by atomic mass is 16.5. The lowest BCUT2D eigenvalue weighted by molar-refractivity contribution is 0.397. The van der Waals surface area contributed by atoms with Crippen molar-refractivity contribution in [2.75, 3.05) is 20.2 Å². The minimum absolute atomic E-state index is 0.541. The fourth-order valence-electron chi connectivity index (χ4n) is 1.45. The van der Waals surface area contributed by atoms with Gasteiger partial charge in [-0.1, -0.05) is 6.07 Å². The van der Waals surface area contributed by atoms with Gasteiger partial charge in [0.05, 0.1) is 13.7 Å². The molecule has 0 aromatic carbocycles. The van der Waals surface area contributed by atoms with Gasteiger partial charge in [-0.2, -0.15) is 0 Å². The molecular weight excluding hydrogens is 216 g/mol. The summed E-state index contributed by atoms with van der Waals surface area (Å²) in [5.41, 5.74) is 6.89. The highest BCUT2D eigenvalue weighted by Crippen LogP contribution is 2.07. The van der Waals surface area contributed by atoms with Crippen LogP contribution in [0.25, 0.3) is 0 Å². The Kier molecular flexibility index (Phi) is 5.26. The number of methoxy groups -OCH3 is 1. The quantitative estimate of drug-likeness (QED) is 0.617. The van der Waals surface area contributed by atoms with Crippen LogP contribution in [0.3, 0.4) is 0 Å². The number of aliphatic imine (C=N–C) groups is 1. The molecule has 5 heteroatoms. The van der Waals surface area contributed by atoms with E-state index < -0.39 is 0 Å². The van der Waals surface area contributed by atoms with Crippen LogP contribution in [0.4, 0.5) is 0 Å². The smallest absolute Gasteiger partial charge is 0.212 e. The van der Waals surface area contributed by atoms with Crippen molar-refractivity contribution in [3.05, 3.63) is 23.9 Å². The van der Waals surface area contributed by atoms with Crippen molar-refractivity contribution in [2.45, 2.75) is 20.4 Å². The maximum absolute atomic E-state index is 5.87. The third-order valence-electron chi connectivity index (χ3n) is 2.52. The van der Waals surface area contributed by atoms with Crippen molar-refractivity contribution >= 4 is 5.96 Å². The Morgan fingerprint density at radius 2 is 2.12 bits per heavy atom. The van der Waals surface area contributed by atoms with Crippen LogP contribution in [0.2, 0.25) is 0 Å². The molecule has 17 heavy (non-hydrogen) atoms. The second kappa shape index (κ2) is 6.73. The van der Waals surface area contributed by atoms with Crippen LogP contribution in [-0.2, 0) is 6.54 Å². The first-order valence-electron chi connectivity index (χ1n) is 5.75. The molecule has 94 valence electrons. The summed E-state index contributed by atoms with van der Waals surface area (Å²) < 4.78 is 4.99. The topological polar surface area (TPSA) is 63.7 Å². The molecule has 0 aliphatic heterocycles. The van der Waals surface area contributed by atoms with Crippen molar-refractivity contribution < 1.29 is 4.74 Å². The molecule has 0 amide bonds. The first kappa shape index (κ1) is 13.3. The molecule has 0 radical (unpaired) electrons. The highest BCUT2D eigenvalue weighted by Gasteiger charge is 2.01. The van der Waals surface area contributed by atoms with Gasteiger partial charge in [0.2, 0.25) is 5.88 Å². The molecule has 1 rings (SSSR count). The Bertz CT molecular complexity index is 357. The van der Waals surface area contributed by atoms with Gasteiger partial charge in [0.1, 0.15) is 0 Å². The van der Waals surface area contributed by atoms with E-state index in [2.05, 4.69) is 23.8 Å². The molecule has 5 nitrogen and oxygen atoms in total. The van der Waals surface area contributed by atoms with E-state index >= 15 is 0 Å². The van der Waals surface area contributed by atoms with Crippen LogP contribution in [0.1, 0.15) is 19.4 Å². The predicted molar refractivity (Wildman–Crippen MR) is 69.0 cm³/mol. The first-order valence-corrected chi connectivity index (χ1v) is 5.75. The second-order valence-electron chi connectivity index (χ2n) is 3.56. The fourth-order valence-corrected chi connectivity index (χ4v) is 1.45. The van der Waals surface area contributed by atoms with Gasteiger partial charge in [0, 0.05) is 25.4 Å². The number of rotatable bonds is 5. The molecule has 0 aliphatic rings. The maximum Gasteiger partial charge on any atom is 0.212 e. The summed E-state index contributed by atoms with van der Waals surface area (Å²) in [4.78, 5) is 10.5. The molecule has 0 unspecified atom stereocenters. The molecular formula is C12H20N4O. The van der Waals surface area contributed by atoms with Crippen molar-refractivity contribution in [2.24, 2.45) is 10.7 Å². The lowest BCUT2D eigenvalue weighted by Crippen LogP contribution is -2.37. The maximum atomic E-state index is 5.87. The molecule has 2 N–H and O–H groups in total. The molecule has 0 saturated carbocycles. The van der Waals surface area contributed by atoms with Crippen LogP contribution < -0.4 is 10.5 Å². The summed E-state index contributed by atoms with van der Waals surface area (Å²) in [6.07, 6.45) is 1.75. The largest absolute Gasteiger partial charge is 0.481 e. The molecule has 1 heterocycles. The molecule has 0 fully saturated rings. The Balaban J connectivity index is 2.61. The Morgan fingerprint density at radius 1 is 1.41 bits per heavy atom. The van der Waals surface area contributed by atoms with E-state index in [1.165, 1.54) is 0 Å². The monoisotopic (exact) mass is 236 g/mol. The number of hydrogen-bond donors (Lipinski definition) is 1. The summed E-state index contributed by atoms with van der Waals surface area (Å²) in [6.45, 7) is 6.39. The third-order valence-corrected chi connectivity index (χ3v) is 2.52. The Labute approximate surface area is 102 Å². The summed E-state index contributed by atoms with van der Waals surface area (Å²) in [5.74, 6) is 1.18. The van der Waals surface area contributed by atoms with Crippen molar-refractivity contribution in [3.63, 3.8) is 0 Å². The average Bonchev–Trinajstić information content (AvgIpc) is 2.38. The Morgan fingerprint density at radius 3 is 2.59 bits per heavy atom. The number of hydrogen-bond acceptors (Lipinski definition) is 3. The number of ether oxygens (including phenoxy) is 1. The third kappa shape index (κ3) is 3.94. The van der Waals surface area contributed by atoms with E-state index in [1.54, 1.807) is 13.3 Å². The molecule has 0 atom stereocenters. The van der Waals surface area contributed by atoms with Gasteiger partial charge in [-0.3, -0.25) is 0 Å². The molecule has 0 bridgehead atoms. The zero-order chi connectivity index (χ0) is 12.7. The predicted octanol–water partition coefficient (Wildman–Crippen LogP) is 1.25. The van der Waals surface area contributed by atoms with Crippen LogP contribution in [0, 0.1) is 0 Å². The van der Waals surface area contributed by atoms with E-state index in [0.29, 0.717) is 18.4 Å². The number of nitrogens with zero attached hydrogens (tertiary/aromatic N) is 3. The van der Waals surface area contributed by atoms with Gasteiger partial charge in [-0.15, -0.1) is 0 Å². The van der Waals surface area contributed by atoms with E-state index in [1.807, 2.05) is 17.0 Å². The van der Waals surface area contributed by atoms with Crippen LogP contribution in [0.5, 0.6) is 5.88 Å². The summed E-state index contributed by atoms with van der Waals surface area (Å²) >= 11 is 0. The lowest BCUT2D eigenvalue weighted by atomic mass is 10.3. The summed E-state index contributed by atoms with van der Waals surface area (Å²) in [7, 11) is 1.60. The first-order chi connectivity index (χ1) is 8.21. The van der Waals surface area contributed by atoms with Crippen LogP contribution >= 0.6 is 0 Å². The van der Waals surface area contributed by atoms with Gasteiger partial charge in [-0.05, 0) is 19.4 Å². The van der Waals surface area contributed by atoms with Gasteiger partial charge in [0.25, 0.3) is 0 Å². The SMILES string of the molecule is CCN(CC)C(N)=NCc1ccc(OC)nc1. The minimum Gasteiger partial charge on any atom is -0.481 e. The zero-order valence-electron chi connectivity index (χ0n) is 10.7. The van der Waals surface area contributed by atoms with E-state index in [4.69, 9.17) is 10.5 Å². The highest BCUT2D eigenvalue weighted by molar-refractivity contribution is 5.77. The van der Waals surface area contributed by atoms with Gasteiger partial charge >= 0.3 is 0 Å². The summed E-state index contributed by atoms with van der Waals surface area (Å²) in [6, 6.07) is 3.75. The van der Waals surface area contributed by atoms with Crippen molar-refractivity contribution in [3.8, 4) is 5.88 Å². The minimum atomic E-state index is 0.541. The Hall–Kier alpha value is -1.78. The molecule has 0 aliphatic carbocycles.